The summed E-state index contributed by atoms with van der Waals surface area (Å²) in [5, 5.41) is 3.95. The predicted octanol–water partition coefficient (Wildman–Crippen LogP) is 13.4. The molecule has 8 aromatic carbocycles. The van der Waals surface area contributed by atoms with Crippen LogP contribution in [-0.2, 0) is 0 Å². The fourth-order valence-corrected chi connectivity index (χ4v) is 8.14. The molecule has 6 heteroatoms. The Hall–Kier alpha value is -7.83. The van der Waals surface area contributed by atoms with E-state index in [1.165, 1.54) is 12.1 Å². The Balaban J connectivity index is 1.26. The zero-order valence-electron chi connectivity index (χ0n) is 36.0. The second kappa shape index (κ2) is 12.3. The van der Waals surface area contributed by atoms with Crippen molar-refractivity contribution in [3.8, 4) is 51.0 Å². The van der Waals surface area contributed by atoms with E-state index in [-0.39, 0.29) is 63.9 Å². The van der Waals surface area contributed by atoms with Crippen LogP contribution in [0.4, 0.5) is 0 Å². The lowest BCUT2D eigenvalue weighted by Gasteiger charge is -2.19. The number of hydrogen-bond acceptors (Lipinski definition) is 5. The topological polar surface area (TPSA) is 69.9 Å². The van der Waals surface area contributed by atoms with Gasteiger partial charge in [0.05, 0.1) is 30.5 Å². The number of fused-ring (bicyclic) bond motifs is 9. The minimum atomic E-state index is -0.214. The van der Waals surface area contributed by atoms with Crippen LogP contribution in [0.25, 0.3) is 117 Å². The molecular weight excluding hydrogens is 701 g/mol. The Labute approximate surface area is 334 Å². The SMILES string of the molecule is [2H]c1cc([2H])c2c(c1[2H])c1c([2H])c([2H])cc([2H])c1n2-c1c(-c2nc(-c3ccccc3)nc(-c3cccc4c3oc3ccccc34)n2)cccc1-c1cccc2c1oc1ccccc12. The maximum Gasteiger partial charge on any atom is 0.167 e. The third kappa shape index (κ3) is 4.81. The first-order chi connectivity index (χ1) is 30.7. The van der Waals surface area contributed by atoms with E-state index in [1.54, 1.807) is 4.57 Å². The summed E-state index contributed by atoms with van der Waals surface area (Å²) in [6.07, 6.45) is 0. The third-order valence-electron chi connectivity index (χ3n) is 10.6. The minimum absolute atomic E-state index is 0.0897. The molecule has 0 bridgehead atoms. The third-order valence-corrected chi connectivity index (χ3v) is 10.6. The lowest BCUT2D eigenvalue weighted by Crippen LogP contribution is -2.05. The first-order valence-corrected chi connectivity index (χ1v) is 18.5. The van der Waals surface area contributed by atoms with E-state index in [4.69, 9.17) is 26.5 Å². The number of aromatic nitrogens is 4. The molecule has 6 nitrogen and oxygen atoms in total. The Morgan fingerprint density at radius 2 is 0.877 bits per heavy atom. The molecule has 0 atom stereocenters. The number of nitrogens with zero attached hydrogens (tertiary/aromatic N) is 4. The van der Waals surface area contributed by atoms with E-state index >= 15 is 0 Å². The van der Waals surface area contributed by atoms with Crippen molar-refractivity contribution in [2.45, 2.75) is 0 Å². The maximum atomic E-state index is 9.42. The van der Waals surface area contributed by atoms with Crippen LogP contribution in [-0.4, -0.2) is 19.5 Å². The normalized spacial score (nSPS) is 13.3. The molecule has 0 amide bonds. The van der Waals surface area contributed by atoms with Crippen molar-refractivity contribution in [1.82, 2.24) is 19.5 Å². The van der Waals surface area contributed by atoms with E-state index in [1.807, 2.05) is 133 Å². The predicted molar refractivity (Wildman–Crippen MR) is 230 cm³/mol. The van der Waals surface area contributed by atoms with Gasteiger partial charge in [0, 0.05) is 54.6 Å². The molecule has 12 aromatic rings. The summed E-state index contributed by atoms with van der Waals surface area (Å²) in [6, 6.07) is 44.4. The van der Waals surface area contributed by atoms with Crippen LogP contribution >= 0.6 is 0 Å². The van der Waals surface area contributed by atoms with Crippen molar-refractivity contribution in [2.24, 2.45) is 0 Å². The van der Waals surface area contributed by atoms with Gasteiger partial charge in [-0.3, -0.25) is 0 Å². The molecule has 0 radical (unpaired) electrons. The molecule has 0 aliphatic heterocycles. The highest BCUT2D eigenvalue weighted by atomic mass is 16.3. The lowest BCUT2D eigenvalue weighted by molar-refractivity contribution is 0.669. The highest BCUT2D eigenvalue weighted by molar-refractivity contribution is 6.13. The van der Waals surface area contributed by atoms with Crippen molar-refractivity contribution in [3.05, 3.63) is 182 Å². The quantitative estimate of drug-likeness (QED) is 0.176. The molecule has 0 fully saturated rings. The van der Waals surface area contributed by atoms with Crippen molar-refractivity contribution in [1.29, 1.82) is 0 Å². The Kier molecular flexibility index (Phi) is 5.64. The zero-order valence-corrected chi connectivity index (χ0v) is 30.0. The van der Waals surface area contributed by atoms with E-state index in [0.29, 0.717) is 56.3 Å². The van der Waals surface area contributed by atoms with Crippen LogP contribution in [0, 0.1) is 0 Å². The molecule has 0 saturated carbocycles. The van der Waals surface area contributed by atoms with Gasteiger partial charge < -0.3 is 13.4 Å². The fraction of sp³-hybridized carbons (Fsp3) is 0. The standard InChI is InChI=1S/C51H30N4O2/c1-2-15-31(16-3-1)49-52-50(54-51(53-49)41-26-14-23-38-35-20-7-11-30-45(35)57-48(38)41)40-25-12-21-36(39-24-13-22-37-34-19-6-10-29-44(34)56-47(37)39)46(40)55-42-27-8-4-17-32(42)33-18-5-9-28-43(33)55/h1-30H/i4D,5D,17D,18D,27D,28D. The summed E-state index contributed by atoms with van der Waals surface area (Å²) < 4.78 is 69.5. The summed E-state index contributed by atoms with van der Waals surface area (Å²) >= 11 is 0. The van der Waals surface area contributed by atoms with Gasteiger partial charge in [-0.25, -0.2) is 15.0 Å². The number of rotatable bonds is 5. The fourth-order valence-electron chi connectivity index (χ4n) is 8.14. The van der Waals surface area contributed by atoms with Crippen LogP contribution in [0.5, 0.6) is 0 Å². The Morgan fingerprint density at radius 3 is 1.54 bits per heavy atom. The zero-order chi connectivity index (χ0) is 42.7. The van der Waals surface area contributed by atoms with Gasteiger partial charge in [0.1, 0.15) is 22.3 Å². The Morgan fingerprint density at radius 1 is 0.386 bits per heavy atom. The van der Waals surface area contributed by atoms with Crippen molar-refractivity contribution >= 4 is 65.7 Å². The van der Waals surface area contributed by atoms with E-state index in [0.717, 1.165) is 32.7 Å². The van der Waals surface area contributed by atoms with Crippen molar-refractivity contribution < 1.29 is 17.1 Å². The van der Waals surface area contributed by atoms with Gasteiger partial charge in [-0.05, 0) is 36.4 Å². The van der Waals surface area contributed by atoms with Gasteiger partial charge in [-0.2, -0.15) is 0 Å². The first-order valence-electron chi connectivity index (χ1n) is 21.5. The van der Waals surface area contributed by atoms with Crippen molar-refractivity contribution in [2.75, 3.05) is 0 Å². The molecule has 12 rings (SSSR count). The molecule has 0 spiro atoms. The van der Waals surface area contributed by atoms with Crippen LogP contribution in [0.15, 0.2) is 191 Å². The van der Waals surface area contributed by atoms with Crippen LogP contribution < -0.4 is 0 Å². The Bertz CT molecular complexity index is 3820. The highest BCUT2D eigenvalue weighted by Crippen LogP contribution is 2.44. The average Bonchev–Trinajstić information content (AvgIpc) is 4.01. The molecule has 266 valence electrons. The second-order valence-corrected chi connectivity index (χ2v) is 13.8. The summed E-state index contributed by atoms with van der Waals surface area (Å²) in [6.45, 7) is 0. The van der Waals surface area contributed by atoms with Crippen LogP contribution in [0.3, 0.4) is 0 Å². The van der Waals surface area contributed by atoms with E-state index < -0.39 is 0 Å². The molecule has 4 aromatic heterocycles. The monoisotopic (exact) mass is 736 g/mol. The molecule has 0 aliphatic carbocycles. The number of benzene rings is 8. The largest absolute Gasteiger partial charge is 0.455 e. The summed E-state index contributed by atoms with van der Waals surface area (Å²) in [5.74, 6) is 1.01. The van der Waals surface area contributed by atoms with Crippen LogP contribution in [0.2, 0.25) is 0 Å². The average molecular weight is 737 g/mol. The van der Waals surface area contributed by atoms with E-state index in [9.17, 15) is 5.48 Å². The lowest BCUT2D eigenvalue weighted by atomic mass is 9.97. The van der Waals surface area contributed by atoms with Gasteiger partial charge in [-0.15, -0.1) is 0 Å². The second-order valence-electron chi connectivity index (χ2n) is 13.8. The van der Waals surface area contributed by atoms with Gasteiger partial charge in [0.25, 0.3) is 0 Å². The smallest absolute Gasteiger partial charge is 0.167 e. The molecule has 0 unspecified atom stereocenters. The summed E-state index contributed by atoms with van der Waals surface area (Å²) in [7, 11) is 0. The van der Waals surface area contributed by atoms with E-state index in [2.05, 4.69) is 0 Å². The van der Waals surface area contributed by atoms with Crippen molar-refractivity contribution in [3.63, 3.8) is 0 Å². The molecule has 0 N–H and O–H groups in total. The number of hydrogen-bond donors (Lipinski definition) is 0. The number of furan rings is 2. The molecule has 57 heavy (non-hydrogen) atoms. The highest BCUT2D eigenvalue weighted by Gasteiger charge is 2.25. The van der Waals surface area contributed by atoms with Gasteiger partial charge in [-0.1, -0.05) is 145 Å². The number of para-hydroxylation sites is 7. The molecule has 4 heterocycles. The molecular formula is C51H30N4O2. The molecule has 0 saturated heterocycles. The summed E-state index contributed by atoms with van der Waals surface area (Å²) in [5.41, 5.74) is 6.70. The van der Waals surface area contributed by atoms with Gasteiger partial charge in [0.2, 0.25) is 0 Å². The van der Waals surface area contributed by atoms with Crippen LogP contribution in [0.1, 0.15) is 8.22 Å². The van der Waals surface area contributed by atoms with Gasteiger partial charge >= 0.3 is 0 Å². The molecule has 0 aliphatic rings. The maximum absolute atomic E-state index is 9.42. The minimum Gasteiger partial charge on any atom is -0.455 e. The summed E-state index contributed by atoms with van der Waals surface area (Å²) in [4.78, 5) is 15.5. The first kappa shape index (κ1) is 26.1. The van der Waals surface area contributed by atoms with Gasteiger partial charge in [0.15, 0.2) is 17.5 Å².